The molecular weight excluding hydrogens is 266 g/mol. The highest BCUT2D eigenvalue weighted by Gasteiger charge is 2.14. The van der Waals surface area contributed by atoms with Crippen molar-refractivity contribution in [1.82, 2.24) is 4.98 Å². The van der Waals surface area contributed by atoms with Crippen molar-refractivity contribution in [3.8, 4) is 11.6 Å². The number of carboxylic acids is 1. The zero-order valence-electron chi connectivity index (χ0n) is 11.4. The molecule has 0 amide bonds. The van der Waals surface area contributed by atoms with E-state index < -0.39 is 5.97 Å². The van der Waals surface area contributed by atoms with Crippen LogP contribution in [0.3, 0.4) is 0 Å². The lowest BCUT2D eigenvalue weighted by atomic mass is 10.1. The van der Waals surface area contributed by atoms with E-state index in [1.54, 1.807) is 19.1 Å². The van der Waals surface area contributed by atoms with Gasteiger partial charge in [-0.15, -0.1) is 0 Å². The normalized spacial score (nSPS) is 10.5. The number of hydrogen-bond acceptors (Lipinski definition) is 3. The van der Waals surface area contributed by atoms with Gasteiger partial charge in [0, 0.05) is 5.69 Å². The Morgan fingerprint density at radius 3 is 2.57 bits per heavy atom. The van der Waals surface area contributed by atoms with E-state index >= 15 is 0 Å². The summed E-state index contributed by atoms with van der Waals surface area (Å²) in [7, 11) is 0. The Hall–Kier alpha value is -2.88. The van der Waals surface area contributed by atoms with Crippen LogP contribution < -0.4 is 4.74 Å². The van der Waals surface area contributed by atoms with E-state index in [9.17, 15) is 9.90 Å². The molecule has 1 N–H and O–H groups in total. The van der Waals surface area contributed by atoms with Gasteiger partial charge in [0.2, 0.25) is 5.88 Å². The number of aromatic nitrogens is 1. The van der Waals surface area contributed by atoms with Crippen molar-refractivity contribution in [2.45, 2.75) is 6.92 Å². The predicted octanol–water partition coefficient (Wildman–Crippen LogP) is 4.03. The number of pyridine rings is 1. The van der Waals surface area contributed by atoms with Crippen LogP contribution in [0.1, 0.15) is 16.1 Å². The van der Waals surface area contributed by atoms with Gasteiger partial charge in [-0.05, 0) is 42.0 Å². The summed E-state index contributed by atoms with van der Waals surface area (Å²) in [4.78, 5) is 15.4. The molecule has 2 aromatic carbocycles. The summed E-state index contributed by atoms with van der Waals surface area (Å²) in [5.74, 6) is -0.384. The molecule has 4 nitrogen and oxygen atoms in total. The summed E-state index contributed by atoms with van der Waals surface area (Å²) in [5, 5.41) is 11.3. The molecule has 0 bridgehead atoms. The SMILES string of the molecule is Cc1ccc(C(=O)O)c(Oc2ccc3ccccc3c2)n1. The van der Waals surface area contributed by atoms with Gasteiger partial charge < -0.3 is 9.84 Å². The van der Waals surface area contributed by atoms with Crippen molar-refractivity contribution in [3.05, 3.63) is 65.9 Å². The van der Waals surface area contributed by atoms with Gasteiger partial charge in [-0.1, -0.05) is 30.3 Å². The second-order valence-electron chi connectivity index (χ2n) is 4.72. The Labute approximate surface area is 121 Å². The lowest BCUT2D eigenvalue weighted by Gasteiger charge is -2.09. The molecule has 4 heteroatoms. The maximum atomic E-state index is 11.2. The molecule has 21 heavy (non-hydrogen) atoms. The van der Waals surface area contributed by atoms with Crippen LogP contribution in [0.5, 0.6) is 11.6 Å². The zero-order chi connectivity index (χ0) is 14.8. The molecule has 0 atom stereocenters. The van der Waals surface area contributed by atoms with Crippen LogP contribution in [0, 0.1) is 6.92 Å². The van der Waals surface area contributed by atoms with Gasteiger partial charge in [0.15, 0.2) is 0 Å². The minimum atomic E-state index is -1.06. The molecule has 0 aliphatic carbocycles. The summed E-state index contributed by atoms with van der Waals surface area (Å²) >= 11 is 0. The van der Waals surface area contributed by atoms with E-state index in [0.717, 1.165) is 10.8 Å². The largest absolute Gasteiger partial charge is 0.477 e. The molecule has 0 spiro atoms. The first-order chi connectivity index (χ1) is 10.1. The highest BCUT2D eigenvalue weighted by Crippen LogP contribution is 2.27. The number of ether oxygens (including phenoxy) is 1. The van der Waals surface area contributed by atoms with Gasteiger partial charge >= 0.3 is 5.97 Å². The molecule has 0 saturated heterocycles. The highest BCUT2D eigenvalue weighted by atomic mass is 16.5. The fraction of sp³-hybridized carbons (Fsp3) is 0.0588. The number of hydrogen-bond donors (Lipinski definition) is 1. The van der Waals surface area contributed by atoms with Gasteiger partial charge in [-0.2, -0.15) is 0 Å². The Bertz CT molecular complexity index is 827. The van der Waals surface area contributed by atoms with Crippen LogP contribution in [-0.4, -0.2) is 16.1 Å². The van der Waals surface area contributed by atoms with Gasteiger partial charge in [-0.25, -0.2) is 9.78 Å². The molecule has 104 valence electrons. The monoisotopic (exact) mass is 279 g/mol. The maximum absolute atomic E-state index is 11.2. The lowest BCUT2D eigenvalue weighted by molar-refractivity contribution is 0.0693. The van der Waals surface area contributed by atoms with Crippen LogP contribution in [0.15, 0.2) is 54.6 Å². The number of nitrogens with zero attached hydrogens (tertiary/aromatic N) is 1. The van der Waals surface area contributed by atoms with E-state index in [1.807, 2.05) is 36.4 Å². The first-order valence-electron chi connectivity index (χ1n) is 6.51. The number of fused-ring (bicyclic) bond motifs is 1. The average molecular weight is 279 g/mol. The molecular formula is C17H13NO3. The lowest BCUT2D eigenvalue weighted by Crippen LogP contribution is -2.02. The molecule has 0 unspecified atom stereocenters. The third kappa shape index (κ3) is 2.69. The number of rotatable bonds is 3. The highest BCUT2D eigenvalue weighted by molar-refractivity contribution is 5.90. The van der Waals surface area contributed by atoms with Crippen molar-refractivity contribution >= 4 is 16.7 Å². The molecule has 1 heterocycles. The van der Waals surface area contributed by atoms with E-state index in [-0.39, 0.29) is 11.4 Å². The molecule has 3 aromatic rings. The van der Waals surface area contributed by atoms with Gasteiger partial charge in [0.1, 0.15) is 11.3 Å². The third-order valence-electron chi connectivity index (χ3n) is 3.17. The van der Waals surface area contributed by atoms with E-state index in [1.165, 1.54) is 6.07 Å². The van der Waals surface area contributed by atoms with Crippen molar-refractivity contribution < 1.29 is 14.6 Å². The van der Waals surface area contributed by atoms with Gasteiger partial charge in [0.05, 0.1) is 0 Å². The third-order valence-corrected chi connectivity index (χ3v) is 3.17. The van der Waals surface area contributed by atoms with E-state index in [4.69, 9.17) is 4.74 Å². The van der Waals surface area contributed by atoms with Crippen molar-refractivity contribution in [1.29, 1.82) is 0 Å². The Balaban J connectivity index is 2.02. The molecule has 0 aliphatic heterocycles. The molecule has 0 fully saturated rings. The van der Waals surface area contributed by atoms with Crippen molar-refractivity contribution in [2.75, 3.05) is 0 Å². The molecule has 0 saturated carbocycles. The van der Waals surface area contributed by atoms with Crippen LogP contribution >= 0.6 is 0 Å². The van der Waals surface area contributed by atoms with Crippen molar-refractivity contribution in [3.63, 3.8) is 0 Å². The van der Waals surface area contributed by atoms with Crippen LogP contribution in [-0.2, 0) is 0 Å². The topological polar surface area (TPSA) is 59.4 Å². The Kier molecular flexibility index (Phi) is 3.28. The number of aromatic carboxylic acids is 1. The summed E-state index contributed by atoms with van der Waals surface area (Å²) in [6.45, 7) is 1.79. The van der Waals surface area contributed by atoms with E-state index in [0.29, 0.717) is 11.4 Å². The standard InChI is InChI=1S/C17H13NO3/c1-11-6-9-15(17(19)20)16(18-11)21-14-8-7-12-4-2-3-5-13(12)10-14/h2-10H,1H3,(H,19,20). The second kappa shape index (κ2) is 5.25. The number of carbonyl (C=O) groups is 1. The minimum absolute atomic E-state index is 0.0498. The average Bonchev–Trinajstić information content (AvgIpc) is 2.47. The summed E-state index contributed by atoms with van der Waals surface area (Å²) in [5.41, 5.74) is 0.754. The molecule has 3 rings (SSSR count). The number of aryl methyl sites for hydroxylation is 1. The number of benzene rings is 2. The fourth-order valence-electron chi connectivity index (χ4n) is 2.12. The molecule has 0 aliphatic rings. The first-order valence-corrected chi connectivity index (χ1v) is 6.51. The van der Waals surface area contributed by atoms with Crippen LogP contribution in [0.2, 0.25) is 0 Å². The maximum Gasteiger partial charge on any atom is 0.341 e. The Morgan fingerprint density at radius 2 is 1.81 bits per heavy atom. The minimum Gasteiger partial charge on any atom is -0.477 e. The zero-order valence-corrected chi connectivity index (χ0v) is 11.4. The second-order valence-corrected chi connectivity index (χ2v) is 4.72. The van der Waals surface area contributed by atoms with Gasteiger partial charge in [0.25, 0.3) is 0 Å². The fourth-order valence-corrected chi connectivity index (χ4v) is 2.12. The summed E-state index contributed by atoms with van der Waals surface area (Å²) < 4.78 is 5.67. The summed E-state index contributed by atoms with van der Waals surface area (Å²) in [6, 6.07) is 16.6. The van der Waals surface area contributed by atoms with Crippen LogP contribution in [0.25, 0.3) is 10.8 Å². The smallest absolute Gasteiger partial charge is 0.341 e. The first kappa shape index (κ1) is 13.1. The predicted molar refractivity (Wildman–Crippen MR) is 80.0 cm³/mol. The van der Waals surface area contributed by atoms with Crippen LogP contribution in [0.4, 0.5) is 0 Å². The number of carboxylic acid groups (broad SMARTS) is 1. The van der Waals surface area contributed by atoms with Gasteiger partial charge in [-0.3, -0.25) is 0 Å². The van der Waals surface area contributed by atoms with E-state index in [2.05, 4.69) is 4.98 Å². The Morgan fingerprint density at radius 1 is 1.05 bits per heavy atom. The summed E-state index contributed by atoms with van der Waals surface area (Å²) in [6.07, 6.45) is 0. The van der Waals surface area contributed by atoms with Crippen molar-refractivity contribution in [2.24, 2.45) is 0 Å². The molecule has 1 aromatic heterocycles. The molecule has 0 radical (unpaired) electrons. The quantitative estimate of drug-likeness (QED) is 0.786.